The number of hydrogen-bond acceptors (Lipinski definition) is 5. The van der Waals surface area contributed by atoms with Gasteiger partial charge < -0.3 is 15.2 Å². The van der Waals surface area contributed by atoms with E-state index in [2.05, 4.69) is 22.2 Å². The van der Waals surface area contributed by atoms with Crippen molar-refractivity contribution in [3.8, 4) is 0 Å². The Morgan fingerprint density at radius 2 is 2.33 bits per heavy atom. The van der Waals surface area contributed by atoms with Gasteiger partial charge in [-0.2, -0.15) is 0 Å². The third kappa shape index (κ3) is 2.71. The lowest BCUT2D eigenvalue weighted by Gasteiger charge is -2.22. The molecule has 0 aliphatic carbocycles. The SMILES string of the molecule is CC1CNCC1C(=O)N(C)Cc1nc2ccsc2c(=O)[nH]1. The molecule has 3 heterocycles. The average molecular weight is 306 g/mol. The minimum atomic E-state index is -0.137. The third-order valence-electron chi connectivity index (χ3n) is 3.96. The molecule has 1 amide bonds. The predicted octanol–water partition coefficient (Wildman–Crippen LogP) is 0.798. The van der Waals surface area contributed by atoms with Crippen LogP contribution in [0.2, 0.25) is 0 Å². The molecule has 112 valence electrons. The molecule has 0 saturated carbocycles. The summed E-state index contributed by atoms with van der Waals surface area (Å²) in [5, 5.41) is 5.08. The van der Waals surface area contributed by atoms with Gasteiger partial charge in [0.05, 0.1) is 18.0 Å². The van der Waals surface area contributed by atoms with Gasteiger partial charge in [-0.25, -0.2) is 4.98 Å². The van der Waals surface area contributed by atoms with Crippen LogP contribution in [0, 0.1) is 11.8 Å². The zero-order valence-electron chi connectivity index (χ0n) is 12.0. The van der Waals surface area contributed by atoms with E-state index in [-0.39, 0.29) is 17.4 Å². The number of nitrogens with one attached hydrogen (secondary N) is 2. The summed E-state index contributed by atoms with van der Waals surface area (Å²) in [5.74, 6) is 0.971. The molecule has 2 aromatic rings. The van der Waals surface area contributed by atoms with Crippen LogP contribution >= 0.6 is 11.3 Å². The largest absolute Gasteiger partial charge is 0.338 e. The highest BCUT2D eigenvalue weighted by molar-refractivity contribution is 7.17. The molecule has 0 spiro atoms. The number of aromatic amines is 1. The van der Waals surface area contributed by atoms with Gasteiger partial charge in [0.15, 0.2) is 0 Å². The zero-order chi connectivity index (χ0) is 15.0. The first-order chi connectivity index (χ1) is 10.1. The number of H-pyrrole nitrogens is 1. The monoisotopic (exact) mass is 306 g/mol. The van der Waals surface area contributed by atoms with Crippen molar-refractivity contribution in [3.05, 3.63) is 27.6 Å². The molecule has 6 nitrogen and oxygen atoms in total. The Kier molecular flexibility index (Phi) is 3.77. The zero-order valence-corrected chi connectivity index (χ0v) is 12.9. The fraction of sp³-hybridized carbons (Fsp3) is 0.500. The van der Waals surface area contributed by atoms with Gasteiger partial charge in [-0.15, -0.1) is 11.3 Å². The van der Waals surface area contributed by atoms with Crippen molar-refractivity contribution < 1.29 is 4.79 Å². The van der Waals surface area contributed by atoms with E-state index in [0.29, 0.717) is 28.5 Å². The van der Waals surface area contributed by atoms with Gasteiger partial charge in [-0.3, -0.25) is 9.59 Å². The second-order valence-electron chi connectivity index (χ2n) is 5.58. The van der Waals surface area contributed by atoms with Gasteiger partial charge in [0, 0.05) is 13.6 Å². The number of carbonyl (C=O) groups is 1. The van der Waals surface area contributed by atoms with Crippen molar-refractivity contribution in [2.45, 2.75) is 13.5 Å². The Bertz CT molecular complexity index is 723. The second kappa shape index (κ2) is 5.57. The molecule has 2 unspecified atom stereocenters. The number of carbonyl (C=O) groups excluding carboxylic acids is 1. The van der Waals surface area contributed by atoms with Gasteiger partial charge in [0.1, 0.15) is 10.5 Å². The first-order valence-corrected chi connectivity index (χ1v) is 7.86. The van der Waals surface area contributed by atoms with Gasteiger partial charge in [-0.1, -0.05) is 6.92 Å². The average Bonchev–Trinajstić information content (AvgIpc) is 3.06. The van der Waals surface area contributed by atoms with Crippen molar-refractivity contribution in [2.24, 2.45) is 11.8 Å². The molecule has 2 N–H and O–H groups in total. The van der Waals surface area contributed by atoms with Crippen LogP contribution in [0.4, 0.5) is 0 Å². The Morgan fingerprint density at radius 3 is 3.05 bits per heavy atom. The topological polar surface area (TPSA) is 78.1 Å². The number of nitrogens with zero attached hydrogens (tertiary/aromatic N) is 2. The maximum absolute atomic E-state index is 12.4. The van der Waals surface area contributed by atoms with Crippen LogP contribution in [0.25, 0.3) is 10.2 Å². The van der Waals surface area contributed by atoms with E-state index in [4.69, 9.17) is 0 Å². The molecular weight excluding hydrogens is 288 g/mol. The predicted molar refractivity (Wildman–Crippen MR) is 82.2 cm³/mol. The van der Waals surface area contributed by atoms with Crippen molar-refractivity contribution >= 4 is 27.5 Å². The molecule has 3 rings (SSSR count). The molecule has 1 aliphatic rings. The van der Waals surface area contributed by atoms with Crippen LogP contribution in [0.5, 0.6) is 0 Å². The highest BCUT2D eigenvalue weighted by Crippen LogP contribution is 2.19. The van der Waals surface area contributed by atoms with Gasteiger partial charge in [0.25, 0.3) is 5.56 Å². The molecule has 2 aromatic heterocycles. The number of fused-ring (bicyclic) bond motifs is 1. The minimum Gasteiger partial charge on any atom is -0.338 e. The highest BCUT2D eigenvalue weighted by Gasteiger charge is 2.31. The smallest absolute Gasteiger partial charge is 0.268 e. The van der Waals surface area contributed by atoms with E-state index in [0.717, 1.165) is 13.1 Å². The third-order valence-corrected chi connectivity index (χ3v) is 4.86. The summed E-state index contributed by atoms with van der Waals surface area (Å²) in [7, 11) is 1.76. The maximum Gasteiger partial charge on any atom is 0.268 e. The van der Waals surface area contributed by atoms with E-state index in [9.17, 15) is 9.59 Å². The van der Waals surface area contributed by atoms with Gasteiger partial charge >= 0.3 is 0 Å². The van der Waals surface area contributed by atoms with E-state index in [1.54, 1.807) is 11.9 Å². The quantitative estimate of drug-likeness (QED) is 0.879. The number of aromatic nitrogens is 2. The Morgan fingerprint density at radius 1 is 1.52 bits per heavy atom. The first kappa shape index (κ1) is 14.2. The fourth-order valence-corrected chi connectivity index (χ4v) is 3.45. The minimum absolute atomic E-state index is 0.00611. The first-order valence-electron chi connectivity index (χ1n) is 6.98. The molecular formula is C14H18N4O2S. The lowest BCUT2D eigenvalue weighted by molar-refractivity contribution is -0.135. The fourth-order valence-electron chi connectivity index (χ4n) is 2.72. The van der Waals surface area contributed by atoms with Crippen LogP contribution < -0.4 is 10.9 Å². The van der Waals surface area contributed by atoms with E-state index >= 15 is 0 Å². The summed E-state index contributed by atoms with van der Waals surface area (Å²) in [4.78, 5) is 33.2. The summed E-state index contributed by atoms with van der Waals surface area (Å²) in [5.41, 5.74) is 0.553. The van der Waals surface area contributed by atoms with E-state index in [1.165, 1.54) is 11.3 Å². The van der Waals surface area contributed by atoms with Crippen molar-refractivity contribution in [2.75, 3.05) is 20.1 Å². The summed E-state index contributed by atoms with van der Waals surface area (Å²) in [6, 6.07) is 1.82. The molecule has 21 heavy (non-hydrogen) atoms. The summed E-state index contributed by atoms with van der Waals surface area (Å²) in [6.45, 7) is 4.00. The highest BCUT2D eigenvalue weighted by atomic mass is 32.1. The Hall–Kier alpha value is -1.73. The van der Waals surface area contributed by atoms with Crippen LogP contribution in [0.1, 0.15) is 12.7 Å². The molecule has 1 aliphatic heterocycles. The second-order valence-corrected chi connectivity index (χ2v) is 6.50. The number of thiophene rings is 1. The Labute approximate surface area is 126 Å². The normalized spacial score (nSPS) is 21.8. The van der Waals surface area contributed by atoms with Crippen molar-refractivity contribution in [1.29, 1.82) is 0 Å². The molecule has 2 atom stereocenters. The molecule has 0 bridgehead atoms. The number of hydrogen-bond donors (Lipinski definition) is 2. The van der Waals surface area contributed by atoms with Crippen LogP contribution in [0.3, 0.4) is 0 Å². The molecule has 0 radical (unpaired) electrons. The molecule has 1 saturated heterocycles. The van der Waals surface area contributed by atoms with Crippen molar-refractivity contribution in [1.82, 2.24) is 20.2 Å². The van der Waals surface area contributed by atoms with Crippen LogP contribution in [-0.4, -0.2) is 40.9 Å². The lowest BCUT2D eigenvalue weighted by atomic mass is 9.97. The van der Waals surface area contributed by atoms with Crippen LogP contribution in [0.15, 0.2) is 16.2 Å². The van der Waals surface area contributed by atoms with E-state index < -0.39 is 0 Å². The summed E-state index contributed by atoms with van der Waals surface area (Å²) < 4.78 is 0.626. The summed E-state index contributed by atoms with van der Waals surface area (Å²) in [6.07, 6.45) is 0. The van der Waals surface area contributed by atoms with Gasteiger partial charge in [0.2, 0.25) is 5.91 Å². The van der Waals surface area contributed by atoms with E-state index in [1.807, 2.05) is 11.4 Å². The summed E-state index contributed by atoms with van der Waals surface area (Å²) >= 11 is 1.37. The van der Waals surface area contributed by atoms with Crippen LogP contribution in [-0.2, 0) is 11.3 Å². The van der Waals surface area contributed by atoms with Gasteiger partial charge in [-0.05, 0) is 23.9 Å². The van der Waals surface area contributed by atoms with Crippen molar-refractivity contribution in [3.63, 3.8) is 0 Å². The lowest BCUT2D eigenvalue weighted by Crippen LogP contribution is -2.36. The number of amides is 1. The number of rotatable bonds is 3. The maximum atomic E-state index is 12.4. The molecule has 0 aromatic carbocycles. The Balaban J connectivity index is 1.78. The standard InChI is InChI=1S/C14H18N4O2S/c1-8-5-15-6-9(8)14(20)18(2)7-11-16-10-3-4-21-12(10)13(19)17-11/h3-4,8-9,15H,5-7H2,1-2H3,(H,16,17,19). The molecule has 1 fully saturated rings. The molecule has 7 heteroatoms.